The largest absolute Gasteiger partial charge is 0.494 e. The molecular formula is C10H8ClF3O2. The number of methoxy groups -OCH3 is 1. The van der Waals surface area contributed by atoms with Crippen LogP contribution in [0.5, 0.6) is 5.75 Å². The molecule has 0 radical (unpaired) electrons. The van der Waals surface area contributed by atoms with Crippen LogP contribution in [-0.4, -0.2) is 18.3 Å². The Kier molecular flexibility index (Phi) is 3.80. The number of halogens is 4. The summed E-state index contributed by atoms with van der Waals surface area (Å²) >= 11 is 4.52. The van der Waals surface area contributed by atoms with Crippen molar-refractivity contribution in [2.24, 2.45) is 0 Å². The fourth-order valence-electron chi connectivity index (χ4n) is 1.12. The minimum atomic E-state index is -3.98. The molecule has 0 fully saturated rings. The van der Waals surface area contributed by atoms with E-state index in [1.165, 1.54) is 25.3 Å². The van der Waals surface area contributed by atoms with E-state index in [-0.39, 0.29) is 11.3 Å². The molecule has 0 aliphatic rings. The average Bonchev–Trinajstić information content (AvgIpc) is 2.19. The van der Waals surface area contributed by atoms with Crippen molar-refractivity contribution >= 4 is 17.4 Å². The zero-order chi connectivity index (χ0) is 12.3. The van der Waals surface area contributed by atoms with Crippen molar-refractivity contribution in [1.82, 2.24) is 0 Å². The fraction of sp³-hybridized carbons (Fsp3) is 0.300. The Bertz CT molecular complexity index is 402. The molecule has 1 rings (SSSR count). The highest BCUT2D eigenvalue weighted by atomic mass is 35.5. The molecule has 0 saturated carbocycles. The Morgan fingerprint density at radius 2 is 2.12 bits per heavy atom. The van der Waals surface area contributed by atoms with Gasteiger partial charge in [0.2, 0.25) is 5.78 Å². The third-order valence-corrected chi connectivity index (χ3v) is 2.14. The van der Waals surface area contributed by atoms with Gasteiger partial charge in [0.1, 0.15) is 0 Å². The zero-order valence-corrected chi connectivity index (χ0v) is 9.02. The lowest BCUT2D eigenvalue weighted by Gasteiger charge is -2.09. The summed E-state index contributed by atoms with van der Waals surface area (Å²) in [6, 6.07) is 3.94. The molecule has 0 N–H and O–H groups in total. The highest BCUT2D eigenvalue weighted by molar-refractivity contribution is 6.32. The highest BCUT2D eigenvalue weighted by Gasteiger charge is 2.35. The maximum Gasteiger partial charge on any atom is 0.380 e. The Hall–Kier alpha value is -1.23. The van der Waals surface area contributed by atoms with E-state index < -0.39 is 23.4 Å². The Labute approximate surface area is 95.0 Å². The van der Waals surface area contributed by atoms with Crippen molar-refractivity contribution in [3.05, 3.63) is 29.6 Å². The monoisotopic (exact) mass is 252 g/mol. The van der Waals surface area contributed by atoms with Gasteiger partial charge in [-0.25, -0.2) is 4.39 Å². The summed E-state index contributed by atoms with van der Waals surface area (Å²) < 4.78 is 42.9. The number of carbonyl (C=O) groups is 1. The van der Waals surface area contributed by atoms with Crippen LogP contribution in [0.15, 0.2) is 18.2 Å². The molecule has 88 valence electrons. The minimum absolute atomic E-state index is 0.108. The van der Waals surface area contributed by atoms with Crippen molar-refractivity contribution in [1.29, 1.82) is 0 Å². The number of carbonyl (C=O) groups excluding carboxylic acids is 1. The predicted octanol–water partition coefficient (Wildman–Crippen LogP) is 2.78. The number of hydrogen-bond acceptors (Lipinski definition) is 2. The van der Waals surface area contributed by atoms with Crippen LogP contribution in [-0.2, 0) is 11.2 Å². The number of rotatable bonds is 4. The van der Waals surface area contributed by atoms with E-state index in [1.54, 1.807) is 0 Å². The van der Waals surface area contributed by atoms with E-state index in [9.17, 15) is 18.0 Å². The maximum atomic E-state index is 13.5. The normalized spacial score (nSPS) is 11.3. The van der Waals surface area contributed by atoms with Gasteiger partial charge in [0.15, 0.2) is 11.6 Å². The summed E-state index contributed by atoms with van der Waals surface area (Å²) in [6.07, 6.45) is -0.778. The first-order valence-electron chi connectivity index (χ1n) is 4.27. The molecule has 0 heterocycles. The molecule has 0 bridgehead atoms. The first-order chi connectivity index (χ1) is 7.36. The van der Waals surface area contributed by atoms with Gasteiger partial charge in [-0.05, 0) is 23.2 Å². The second kappa shape index (κ2) is 4.74. The van der Waals surface area contributed by atoms with E-state index in [4.69, 9.17) is 0 Å². The number of hydrogen-bond donors (Lipinski definition) is 0. The summed E-state index contributed by atoms with van der Waals surface area (Å²) in [7, 11) is 1.24. The van der Waals surface area contributed by atoms with E-state index >= 15 is 0 Å². The number of benzene rings is 1. The predicted molar refractivity (Wildman–Crippen MR) is 52.5 cm³/mol. The van der Waals surface area contributed by atoms with Crippen molar-refractivity contribution in [3.63, 3.8) is 0 Å². The molecule has 1 aromatic carbocycles. The van der Waals surface area contributed by atoms with E-state index in [1.807, 2.05) is 0 Å². The smallest absolute Gasteiger partial charge is 0.380 e. The molecule has 16 heavy (non-hydrogen) atoms. The number of ether oxygens (including phenoxy) is 1. The van der Waals surface area contributed by atoms with E-state index in [0.717, 1.165) is 0 Å². The van der Waals surface area contributed by atoms with Crippen LogP contribution in [0.2, 0.25) is 0 Å². The van der Waals surface area contributed by atoms with Gasteiger partial charge in [0.05, 0.1) is 7.11 Å². The molecule has 0 saturated heterocycles. The first kappa shape index (κ1) is 12.8. The zero-order valence-electron chi connectivity index (χ0n) is 8.27. The summed E-state index contributed by atoms with van der Waals surface area (Å²) in [5, 5.41) is -3.98. The van der Waals surface area contributed by atoms with Gasteiger partial charge in [-0.1, -0.05) is 12.1 Å². The van der Waals surface area contributed by atoms with Crippen LogP contribution >= 0.6 is 11.6 Å². The maximum absolute atomic E-state index is 13.5. The molecule has 0 amide bonds. The van der Waals surface area contributed by atoms with Gasteiger partial charge in [0.25, 0.3) is 0 Å². The number of ketones is 1. The summed E-state index contributed by atoms with van der Waals surface area (Å²) in [5.41, 5.74) is -0.176. The van der Waals surface area contributed by atoms with Gasteiger partial charge in [-0.3, -0.25) is 4.79 Å². The molecule has 0 unspecified atom stereocenters. The standard InChI is InChI=1S/C10H8ClF3O2/c1-16-7-4-2-3-6(9(7)12)5-8(15)10(11,13)14/h2-4H,5H2,1H3. The highest BCUT2D eigenvalue weighted by Crippen LogP contribution is 2.25. The lowest BCUT2D eigenvalue weighted by Crippen LogP contribution is -2.23. The quantitative estimate of drug-likeness (QED) is 0.771. The Balaban J connectivity index is 2.94. The molecule has 1 aromatic rings. The van der Waals surface area contributed by atoms with Gasteiger partial charge in [-0.15, -0.1) is 0 Å². The molecule has 0 aromatic heterocycles. The number of Topliss-reactive ketones (excluding diaryl/α,β-unsaturated/α-hetero) is 1. The van der Waals surface area contributed by atoms with Gasteiger partial charge >= 0.3 is 5.38 Å². The van der Waals surface area contributed by atoms with Crippen LogP contribution < -0.4 is 4.74 Å². The summed E-state index contributed by atoms with van der Waals surface area (Å²) in [6.45, 7) is 0. The Morgan fingerprint density at radius 1 is 1.50 bits per heavy atom. The van der Waals surface area contributed by atoms with Crippen LogP contribution in [0.3, 0.4) is 0 Å². The van der Waals surface area contributed by atoms with Gasteiger partial charge < -0.3 is 4.74 Å². The van der Waals surface area contributed by atoms with Crippen LogP contribution in [0.1, 0.15) is 5.56 Å². The lowest BCUT2D eigenvalue weighted by atomic mass is 10.1. The van der Waals surface area contributed by atoms with Crippen molar-refractivity contribution in [2.45, 2.75) is 11.8 Å². The van der Waals surface area contributed by atoms with E-state index in [2.05, 4.69) is 16.3 Å². The lowest BCUT2D eigenvalue weighted by molar-refractivity contribution is -0.132. The Morgan fingerprint density at radius 3 is 2.62 bits per heavy atom. The topological polar surface area (TPSA) is 26.3 Å². The first-order valence-corrected chi connectivity index (χ1v) is 4.65. The second-order valence-electron chi connectivity index (χ2n) is 3.03. The average molecular weight is 253 g/mol. The third-order valence-electron chi connectivity index (χ3n) is 1.93. The summed E-state index contributed by atoms with van der Waals surface area (Å²) in [5.74, 6) is -2.50. The SMILES string of the molecule is COc1cccc(CC(=O)C(F)(F)Cl)c1F. The van der Waals surface area contributed by atoms with Crippen molar-refractivity contribution < 1.29 is 22.7 Å². The minimum Gasteiger partial charge on any atom is -0.494 e. The molecule has 0 aliphatic heterocycles. The van der Waals surface area contributed by atoms with Crippen molar-refractivity contribution in [2.75, 3.05) is 7.11 Å². The van der Waals surface area contributed by atoms with Gasteiger partial charge in [-0.2, -0.15) is 8.78 Å². The van der Waals surface area contributed by atoms with Crippen LogP contribution in [0, 0.1) is 5.82 Å². The molecule has 2 nitrogen and oxygen atoms in total. The molecule has 0 spiro atoms. The second-order valence-corrected chi connectivity index (χ2v) is 3.51. The molecular weight excluding hydrogens is 245 g/mol. The van der Waals surface area contributed by atoms with Crippen LogP contribution in [0.25, 0.3) is 0 Å². The molecule has 6 heteroatoms. The number of alkyl halides is 3. The van der Waals surface area contributed by atoms with Crippen LogP contribution in [0.4, 0.5) is 13.2 Å². The molecule has 0 atom stereocenters. The van der Waals surface area contributed by atoms with Crippen molar-refractivity contribution in [3.8, 4) is 5.75 Å². The third kappa shape index (κ3) is 2.88. The van der Waals surface area contributed by atoms with Gasteiger partial charge in [0, 0.05) is 6.42 Å². The van der Waals surface area contributed by atoms with E-state index in [0.29, 0.717) is 0 Å². The fourth-order valence-corrected chi connectivity index (χ4v) is 1.19. The summed E-state index contributed by atoms with van der Waals surface area (Å²) in [4.78, 5) is 10.9. The molecule has 0 aliphatic carbocycles.